The molecule has 0 aliphatic heterocycles. The number of aromatic nitrogens is 2. The maximum atomic E-state index is 4.79. The van der Waals surface area contributed by atoms with Crippen LogP contribution in [-0.4, -0.2) is 22.1 Å². The molecule has 0 radical (unpaired) electrons. The van der Waals surface area contributed by atoms with Crippen molar-refractivity contribution in [3.63, 3.8) is 0 Å². The topological polar surface area (TPSA) is 38.9 Å². The summed E-state index contributed by atoms with van der Waals surface area (Å²) in [6, 6.07) is 0. The number of nitrogens with zero attached hydrogens (tertiary/aromatic N) is 2. The lowest BCUT2D eigenvalue weighted by atomic mass is 10.5. The molecule has 0 amide bonds. The van der Waals surface area contributed by atoms with E-state index in [-0.39, 0.29) is 0 Å². The van der Waals surface area contributed by atoms with Crippen LogP contribution in [0.3, 0.4) is 0 Å². The fourth-order valence-corrected chi connectivity index (χ4v) is 1.02. The Bertz CT molecular complexity index is 199. The highest BCUT2D eigenvalue weighted by Gasteiger charge is 1.99. The Morgan fingerprint density at radius 3 is 2.90 bits per heavy atom. The Kier molecular flexibility index (Phi) is 2.74. The van der Waals surface area contributed by atoms with Crippen LogP contribution in [0.25, 0.3) is 0 Å². The minimum atomic E-state index is 0.649. The average Bonchev–Trinajstić information content (AvgIpc) is 2.31. The molecule has 0 spiro atoms. The molecule has 1 aromatic rings. The Balaban J connectivity index is 2.42. The molecular weight excluding hydrogens is 148 g/mol. The molecule has 1 aromatic heterocycles. The minimum absolute atomic E-state index is 0.649. The number of rotatable bonds is 3. The molecule has 4 heteroatoms. The van der Waals surface area contributed by atoms with E-state index in [1.807, 2.05) is 0 Å². The van der Waals surface area contributed by atoms with Gasteiger partial charge in [-0.15, -0.1) is 0 Å². The molecule has 0 bridgehead atoms. The highest BCUT2D eigenvalue weighted by atomic mass is 32.2. The zero-order valence-corrected chi connectivity index (χ0v) is 6.94. The van der Waals surface area contributed by atoms with E-state index in [0.717, 1.165) is 18.0 Å². The maximum absolute atomic E-state index is 4.79. The smallest absolute Gasteiger partial charge is 0.223 e. The van der Waals surface area contributed by atoms with Crippen LogP contribution in [0.5, 0.6) is 0 Å². The molecule has 1 heterocycles. The molecule has 0 unspecified atom stereocenters. The number of thioether (sulfide) groups is 1. The quantitative estimate of drug-likeness (QED) is 0.664. The lowest BCUT2D eigenvalue weighted by Gasteiger charge is -1.87. The van der Waals surface area contributed by atoms with E-state index < -0.39 is 0 Å². The van der Waals surface area contributed by atoms with E-state index in [0.29, 0.717) is 5.89 Å². The van der Waals surface area contributed by atoms with Gasteiger partial charge in [-0.25, -0.2) is 0 Å². The summed E-state index contributed by atoms with van der Waals surface area (Å²) in [6.07, 6.45) is 2.96. The summed E-state index contributed by atoms with van der Waals surface area (Å²) >= 11 is 1.78. The van der Waals surface area contributed by atoms with E-state index in [1.165, 1.54) is 0 Å². The number of hydrogen-bond acceptors (Lipinski definition) is 4. The lowest BCUT2D eigenvalue weighted by molar-refractivity contribution is 0.388. The zero-order valence-electron chi connectivity index (χ0n) is 6.13. The van der Waals surface area contributed by atoms with Gasteiger partial charge in [0.05, 0.1) is 0 Å². The van der Waals surface area contributed by atoms with Gasteiger partial charge in [0.25, 0.3) is 0 Å². The van der Waals surface area contributed by atoms with Crippen LogP contribution in [-0.2, 0) is 6.42 Å². The minimum Gasteiger partial charge on any atom is -0.340 e. The van der Waals surface area contributed by atoms with Crippen molar-refractivity contribution in [1.82, 2.24) is 10.1 Å². The molecule has 0 aliphatic carbocycles. The number of hydrogen-bond donors (Lipinski definition) is 0. The van der Waals surface area contributed by atoms with Crippen molar-refractivity contribution in [2.45, 2.75) is 13.3 Å². The van der Waals surface area contributed by atoms with Crippen molar-refractivity contribution < 1.29 is 4.52 Å². The molecule has 0 atom stereocenters. The van der Waals surface area contributed by atoms with Crippen molar-refractivity contribution >= 4 is 11.8 Å². The average molecular weight is 158 g/mol. The second kappa shape index (κ2) is 3.61. The predicted molar refractivity (Wildman–Crippen MR) is 41.1 cm³/mol. The highest BCUT2D eigenvalue weighted by molar-refractivity contribution is 7.98. The van der Waals surface area contributed by atoms with Crippen LogP contribution >= 0.6 is 11.8 Å². The van der Waals surface area contributed by atoms with Gasteiger partial charge < -0.3 is 4.52 Å². The van der Waals surface area contributed by atoms with Crippen molar-refractivity contribution in [3.05, 3.63) is 11.7 Å². The molecule has 0 saturated heterocycles. The molecule has 0 aromatic carbocycles. The Hall–Kier alpha value is -0.510. The van der Waals surface area contributed by atoms with Gasteiger partial charge in [0, 0.05) is 19.1 Å². The fourth-order valence-electron chi connectivity index (χ4n) is 0.636. The monoisotopic (exact) mass is 158 g/mol. The van der Waals surface area contributed by atoms with Gasteiger partial charge in [0.1, 0.15) is 0 Å². The summed E-state index contributed by atoms with van der Waals surface area (Å²) in [4.78, 5) is 4.06. The SMILES string of the molecule is CSCCc1noc(C)n1. The predicted octanol–water partition coefficient (Wildman–Crippen LogP) is 1.28. The summed E-state index contributed by atoms with van der Waals surface area (Å²) in [6.45, 7) is 1.80. The number of aryl methyl sites for hydroxylation is 2. The zero-order chi connectivity index (χ0) is 7.40. The molecule has 10 heavy (non-hydrogen) atoms. The maximum Gasteiger partial charge on any atom is 0.223 e. The van der Waals surface area contributed by atoms with Gasteiger partial charge in [0.15, 0.2) is 5.82 Å². The first kappa shape index (κ1) is 7.60. The first-order valence-corrected chi connectivity index (χ1v) is 4.50. The van der Waals surface area contributed by atoms with Crippen LogP contribution in [0.2, 0.25) is 0 Å². The molecular formula is C6H10N2OS. The first-order valence-electron chi connectivity index (χ1n) is 3.11. The van der Waals surface area contributed by atoms with Crippen LogP contribution in [0.1, 0.15) is 11.7 Å². The van der Waals surface area contributed by atoms with E-state index in [1.54, 1.807) is 18.7 Å². The van der Waals surface area contributed by atoms with Crippen LogP contribution in [0, 0.1) is 6.92 Å². The standard InChI is InChI=1S/C6H10N2OS/c1-5-7-6(8-9-5)3-4-10-2/h3-4H2,1-2H3. The van der Waals surface area contributed by atoms with E-state index >= 15 is 0 Å². The van der Waals surface area contributed by atoms with Gasteiger partial charge in [-0.2, -0.15) is 16.7 Å². The van der Waals surface area contributed by atoms with Gasteiger partial charge in [-0.1, -0.05) is 5.16 Å². The van der Waals surface area contributed by atoms with Gasteiger partial charge >= 0.3 is 0 Å². The molecule has 0 aliphatic rings. The van der Waals surface area contributed by atoms with Crippen molar-refractivity contribution in [3.8, 4) is 0 Å². The second-order valence-electron chi connectivity index (χ2n) is 1.97. The third-order valence-electron chi connectivity index (χ3n) is 1.10. The molecule has 1 rings (SSSR count). The van der Waals surface area contributed by atoms with Crippen molar-refractivity contribution in [1.29, 1.82) is 0 Å². The Morgan fingerprint density at radius 1 is 1.60 bits per heavy atom. The van der Waals surface area contributed by atoms with Crippen LogP contribution in [0.15, 0.2) is 4.52 Å². The Morgan fingerprint density at radius 2 is 2.40 bits per heavy atom. The molecule has 0 fully saturated rings. The van der Waals surface area contributed by atoms with E-state index in [4.69, 9.17) is 4.52 Å². The van der Waals surface area contributed by atoms with Gasteiger partial charge in [0.2, 0.25) is 5.89 Å². The summed E-state index contributed by atoms with van der Waals surface area (Å²) < 4.78 is 4.79. The third-order valence-corrected chi connectivity index (χ3v) is 1.71. The molecule has 3 nitrogen and oxygen atoms in total. The Labute approximate surface area is 64.2 Å². The summed E-state index contributed by atoms with van der Waals surface area (Å²) in [5.41, 5.74) is 0. The summed E-state index contributed by atoms with van der Waals surface area (Å²) in [5.74, 6) is 2.52. The molecule has 0 N–H and O–H groups in total. The van der Waals surface area contributed by atoms with E-state index in [9.17, 15) is 0 Å². The third kappa shape index (κ3) is 2.02. The molecule has 56 valence electrons. The largest absolute Gasteiger partial charge is 0.340 e. The normalized spacial score (nSPS) is 10.2. The second-order valence-corrected chi connectivity index (χ2v) is 2.96. The fraction of sp³-hybridized carbons (Fsp3) is 0.667. The van der Waals surface area contributed by atoms with Gasteiger partial charge in [-0.3, -0.25) is 0 Å². The lowest BCUT2D eigenvalue weighted by Crippen LogP contribution is -1.89. The van der Waals surface area contributed by atoms with Crippen LogP contribution < -0.4 is 0 Å². The first-order chi connectivity index (χ1) is 4.83. The van der Waals surface area contributed by atoms with Crippen LogP contribution in [0.4, 0.5) is 0 Å². The summed E-state index contributed by atoms with van der Waals surface area (Å²) in [7, 11) is 0. The van der Waals surface area contributed by atoms with E-state index in [2.05, 4.69) is 16.4 Å². The van der Waals surface area contributed by atoms with Crippen molar-refractivity contribution in [2.75, 3.05) is 12.0 Å². The highest BCUT2D eigenvalue weighted by Crippen LogP contribution is 2.00. The molecule has 0 saturated carbocycles. The van der Waals surface area contributed by atoms with Gasteiger partial charge in [-0.05, 0) is 6.26 Å². The van der Waals surface area contributed by atoms with Crippen molar-refractivity contribution in [2.24, 2.45) is 0 Å². The summed E-state index contributed by atoms with van der Waals surface area (Å²) in [5, 5.41) is 3.75.